The summed E-state index contributed by atoms with van der Waals surface area (Å²) in [6.07, 6.45) is 0.595. The number of nitrogens with zero attached hydrogens (tertiary/aromatic N) is 1. The van der Waals surface area contributed by atoms with Crippen LogP contribution in [0.5, 0.6) is 5.75 Å². The zero-order chi connectivity index (χ0) is 18.5. The molecular formula is C18H18ClN3O4. The summed E-state index contributed by atoms with van der Waals surface area (Å²) < 4.78 is 5.63. The SMILES string of the molecule is O=C(NCCNc1ccc([N+](=O)[O-])cc1)[C@@H]1COc2ccc(Cl)cc2C1. The minimum absolute atomic E-state index is 0.0431. The van der Waals surface area contributed by atoms with Gasteiger partial charge in [-0.15, -0.1) is 0 Å². The van der Waals surface area contributed by atoms with Crippen molar-refractivity contribution < 1.29 is 14.5 Å². The van der Waals surface area contributed by atoms with E-state index in [0.29, 0.717) is 31.1 Å². The summed E-state index contributed by atoms with van der Waals surface area (Å²) in [5, 5.41) is 17.2. The lowest BCUT2D eigenvalue weighted by atomic mass is 9.96. The van der Waals surface area contributed by atoms with Crippen molar-refractivity contribution in [3.63, 3.8) is 0 Å². The van der Waals surface area contributed by atoms with Gasteiger partial charge in [0.2, 0.25) is 5.91 Å². The van der Waals surface area contributed by atoms with Crippen LogP contribution in [0.15, 0.2) is 42.5 Å². The largest absolute Gasteiger partial charge is 0.492 e. The van der Waals surface area contributed by atoms with Gasteiger partial charge >= 0.3 is 0 Å². The van der Waals surface area contributed by atoms with Crippen molar-refractivity contribution in [1.82, 2.24) is 5.32 Å². The van der Waals surface area contributed by atoms with Crippen molar-refractivity contribution in [1.29, 1.82) is 0 Å². The summed E-state index contributed by atoms with van der Waals surface area (Å²) in [4.78, 5) is 22.5. The predicted molar refractivity (Wildman–Crippen MR) is 98.7 cm³/mol. The summed E-state index contributed by atoms with van der Waals surface area (Å²) in [6, 6.07) is 11.5. The lowest BCUT2D eigenvalue weighted by Crippen LogP contribution is -2.39. The maximum atomic E-state index is 12.3. The van der Waals surface area contributed by atoms with Gasteiger partial charge in [0.1, 0.15) is 12.4 Å². The number of amides is 1. The van der Waals surface area contributed by atoms with Gasteiger partial charge in [0.15, 0.2) is 0 Å². The van der Waals surface area contributed by atoms with E-state index in [1.54, 1.807) is 18.2 Å². The van der Waals surface area contributed by atoms with Crippen LogP contribution in [-0.2, 0) is 11.2 Å². The fourth-order valence-corrected chi connectivity index (χ4v) is 2.96. The van der Waals surface area contributed by atoms with Gasteiger partial charge < -0.3 is 15.4 Å². The molecule has 3 rings (SSSR count). The number of rotatable bonds is 6. The molecule has 0 saturated heterocycles. The van der Waals surface area contributed by atoms with E-state index in [4.69, 9.17) is 16.3 Å². The lowest BCUT2D eigenvalue weighted by molar-refractivity contribution is -0.384. The van der Waals surface area contributed by atoms with Gasteiger partial charge in [-0.25, -0.2) is 0 Å². The number of nitro benzene ring substituents is 1. The van der Waals surface area contributed by atoms with E-state index in [1.165, 1.54) is 12.1 Å². The van der Waals surface area contributed by atoms with Crippen LogP contribution in [0, 0.1) is 16.0 Å². The van der Waals surface area contributed by atoms with E-state index in [-0.39, 0.29) is 17.5 Å². The number of ether oxygens (including phenoxy) is 1. The van der Waals surface area contributed by atoms with Crippen molar-refractivity contribution in [3.05, 3.63) is 63.2 Å². The molecule has 1 atom stereocenters. The molecule has 2 aromatic rings. The summed E-state index contributed by atoms with van der Waals surface area (Å²) in [5.41, 5.74) is 1.74. The summed E-state index contributed by atoms with van der Waals surface area (Å²) >= 11 is 5.99. The average Bonchev–Trinajstić information content (AvgIpc) is 2.64. The number of hydrogen-bond acceptors (Lipinski definition) is 5. The monoisotopic (exact) mass is 375 g/mol. The molecule has 0 aromatic heterocycles. The number of non-ortho nitro benzene ring substituents is 1. The number of carbonyl (C=O) groups is 1. The molecule has 0 radical (unpaired) electrons. The van der Waals surface area contributed by atoms with E-state index in [0.717, 1.165) is 17.0 Å². The van der Waals surface area contributed by atoms with Gasteiger partial charge in [-0.2, -0.15) is 0 Å². The van der Waals surface area contributed by atoms with E-state index < -0.39 is 4.92 Å². The van der Waals surface area contributed by atoms with Crippen molar-refractivity contribution in [2.24, 2.45) is 5.92 Å². The number of fused-ring (bicyclic) bond motifs is 1. The normalized spacial score (nSPS) is 15.5. The lowest BCUT2D eigenvalue weighted by Gasteiger charge is -2.24. The van der Waals surface area contributed by atoms with Crippen LogP contribution in [0.2, 0.25) is 5.02 Å². The van der Waals surface area contributed by atoms with Crippen molar-refractivity contribution in [3.8, 4) is 5.75 Å². The highest BCUT2D eigenvalue weighted by Gasteiger charge is 2.25. The van der Waals surface area contributed by atoms with Crippen LogP contribution in [-0.4, -0.2) is 30.5 Å². The molecule has 1 amide bonds. The standard InChI is InChI=1S/C18H18ClN3O4/c19-14-1-6-17-12(10-14)9-13(11-26-17)18(23)21-8-7-20-15-2-4-16(5-3-15)22(24)25/h1-6,10,13,20H,7-9,11H2,(H,21,23)/t13-/m0/s1. The Balaban J connectivity index is 1.44. The molecule has 1 aliphatic rings. The van der Waals surface area contributed by atoms with Crippen LogP contribution in [0.4, 0.5) is 11.4 Å². The number of nitro groups is 1. The molecule has 0 fully saturated rings. The molecule has 0 bridgehead atoms. The van der Waals surface area contributed by atoms with Crippen LogP contribution in [0.25, 0.3) is 0 Å². The third-order valence-electron chi connectivity index (χ3n) is 4.13. The number of anilines is 1. The molecule has 136 valence electrons. The Labute approximate surface area is 155 Å². The average molecular weight is 376 g/mol. The number of halogens is 1. The van der Waals surface area contributed by atoms with Crippen molar-refractivity contribution in [2.75, 3.05) is 25.0 Å². The summed E-state index contributed by atoms with van der Waals surface area (Å²) in [6.45, 7) is 1.30. The zero-order valence-electron chi connectivity index (χ0n) is 13.9. The first kappa shape index (κ1) is 18.0. The Bertz CT molecular complexity index is 811. The fraction of sp³-hybridized carbons (Fsp3) is 0.278. The van der Waals surface area contributed by atoms with E-state index >= 15 is 0 Å². The van der Waals surface area contributed by atoms with Crippen LogP contribution >= 0.6 is 11.6 Å². The topological polar surface area (TPSA) is 93.5 Å². The molecule has 1 heterocycles. The van der Waals surface area contributed by atoms with Gasteiger partial charge in [0.25, 0.3) is 5.69 Å². The second kappa shape index (κ2) is 8.05. The minimum Gasteiger partial charge on any atom is -0.492 e. The highest BCUT2D eigenvalue weighted by atomic mass is 35.5. The maximum Gasteiger partial charge on any atom is 0.269 e. The third kappa shape index (κ3) is 4.43. The Kier molecular flexibility index (Phi) is 5.58. The number of hydrogen-bond donors (Lipinski definition) is 2. The van der Waals surface area contributed by atoms with Gasteiger partial charge in [0, 0.05) is 35.9 Å². The van der Waals surface area contributed by atoms with Crippen molar-refractivity contribution >= 4 is 28.9 Å². The first-order valence-corrected chi connectivity index (χ1v) is 8.58. The van der Waals surface area contributed by atoms with Gasteiger partial charge in [0.05, 0.1) is 10.8 Å². The number of nitrogens with one attached hydrogen (secondary N) is 2. The molecule has 1 aliphatic heterocycles. The van der Waals surface area contributed by atoms with E-state index in [9.17, 15) is 14.9 Å². The molecule has 2 N–H and O–H groups in total. The third-order valence-corrected chi connectivity index (χ3v) is 4.37. The first-order chi connectivity index (χ1) is 12.5. The Morgan fingerprint density at radius 3 is 2.73 bits per heavy atom. The quantitative estimate of drug-likeness (QED) is 0.460. The molecule has 0 aliphatic carbocycles. The van der Waals surface area contributed by atoms with E-state index in [1.807, 2.05) is 12.1 Å². The molecule has 2 aromatic carbocycles. The van der Waals surface area contributed by atoms with Gasteiger partial charge in [-0.1, -0.05) is 11.6 Å². The summed E-state index contributed by atoms with van der Waals surface area (Å²) in [7, 11) is 0. The fourth-order valence-electron chi connectivity index (χ4n) is 2.77. The molecular weight excluding hydrogens is 358 g/mol. The smallest absolute Gasteiger partial charge is 0.269 e. The Morgan fingerprint density at radius 1 is 1.23 bits per heavy atom. The molecule has 26 heavy (non-hydrogen) atoms. The highest BCUT2D eigenvalue weighted by molar-refractivity contribution is 6.30. The van der Waals surface area contributed by atoms with E-state index in [2.05, 4.69) is 10.6 Å². The molecule has 0 spiro atoms. The van der Waals surface area contributed by atoms with Crippen LogP contribution in [0.3, 0.4) is 0 Å². The van der Waals surface area contributed by atoms with Gasteiger partial charge in [-0.05, 0) is 42.3 Å². The highest BCUT2D eigenvalue weighted by Crippen LogP contribution is 2.29. The van der Waals surface area contributed by atoms with Crippen LogP contribution < -0.4 is 15.4 Å². The number of benzene rings is 2. The number of carbonyl (C=O) groups excluding carboxylic acids is 1. The van der Waals surface area contributed by atoms with Crippen LogP contribution in [0.1, 0.15) is 5.56 Å². The molecule has 0 saturated carbocycles. The molecule has 7 nitrogen and oxygen atoms in total. The maximum absolute atomic E-state index is 12.3. The van der Waals surface area contributed by atoms with Crippen molar-refractivity contribution in [2.45, 2.75) is 6.42 Å². The second-order valence-electron chi connectivity index (χ2n) is 5.99. The Morgan fingerprint density at radius 2 is 2.00 bits per heavy atom. The Hall–Kier alpha value is -2.80. The first-order valence-electron chi connectivity index (χ1n) is 8.20. The molecule has 0 unspecified atom stereocenters. The van der Waals surface area contributed by atoms with Gasteiger partial charge in [-0.3, -0.25) is 14.9 Å². The predicted octanol–water partition coefficient (Wildman–Crippen LogP) is 3.03. The molecule has 8 heteroatoms. The second-order valence-corrected chi connectivity index (χ2v) is 6.42. The zero-order valence-corrected chi connectivity index (χ0v) is 14.7. The minimum atomic E-state index is -0.443. The summed E-state index contributed by atoms with van der Waals surface area (Å²) in [5.74, 6) is 0.458.